The summed E-state index contributed by atoms with van der Waals surface area (Å²) in [7, 11) is 1.98. The largest absolute Gasteiger partial charge is 0.366 e. The molecule has 2 saturated heterocycles. The monoisotopic (exact) mass is 344 g/mol. The van der Waals surface area contributed by atoms with Crippen molar-refractivity contribution in [1.82, 2.24) is 19.7 Å². The predicted octanol–water partition coefficient (Wildman–Crippen LogP) is 3.11. The van der Waals surface area contributed by atoms with Gasteiger partial charge >= 0.3 is 0 Å². The second kappa shape index (κ2) is 5.93. The Morgan fingerprint density at radius 3 is 3.04 bits per heavy atom. The van der Waals surface area contributed by atoms with Gasteiger partial charge in [0.2, 0.25) is 0 Å². The third-order valence-electron chi connectivity index (χ3n) is 5.61. The Balaban J connectivity index is 1.22. The van der Waals surface area contributed by atoms with Gasteiger partial charge in [-0.05, 0) is 38.1 Å². The molecule has 1 saturated carbocycles. The van der Waals surface area contributed by atoms with Crippen molar-refractivity contribution in [3.05, 3.63) is 34.0 Å². The maximum absolute atomic E-state index is 6.42. The number of hydrogen-bond acceptors (Lipinski definition) is 5. The number of ether oxygens (including phenoxy) is 1. The quantitative estimate of drug-likeness (QED) is 0.855. The molecule has 6 heteroatoms. The zero-order chi connectivity index (χ0) is 16.1. The molecule has 3 aliphatic rings. The summed E-state index contributed by atoms with van der Waals surface area (Å²) in [5.41, 5.74) is 2.60. The number of likely N-dealkylation sites (tertiary alicyclic amines) is 1. The average Bonchev–Trinajstić information content (AvgIpc) is 2.98. The number of piperidine rings is 1. The lowest BCUT2D eigenvalue weighted by Crippen LogP contribution is -2.41. The molecule has 0 aromatic carbocycles. The van der Waals surface area contributed by atoms with Gasteiger partial charge in [-0.25, -0.2) is 4.98 Å². The summed E-state index contributed by atoms with van der Waals surface area (Å²) in [5.74, 6) is 1.45. The van der Waals surface area contributed by atoms with Gasteiger partial charge in [-0.3, -0.25) is 9.58 Å². The van der Waals surface area contributed by atoms with Gasteiger partial charge in [0.15, 0.2) is 0 Å². The molecule has 5 nitrogen and oxygen atoms in total. The van der Waals surface area contributed by atoms with E-state index in [0.29, 0.717) is 12.0 Å². The third kappa shape index (κ3) is 2.91. The fourth-order valence-electron chi connectivity index (χ4n) is 4.12. The van der Waals surface area contributed by atoms with E-state index in [4.69, 9.17) is 9.72 Å². The van der Waals surface area contributed by atoms with Gasteiger partial charge in [-0.1, -0.05) is 0 Å². The Labute approximate surface area is 146 Å². The van der Waals surface area contributed by atoms with Crippen LogP contribution >= 0.6 is 11.3 Å². The van der Waals surface area contributed by atoms with E-state index >= 15 is 0 Å². The van der Waals surface area contributed by atoms with Crippen molar-refractivity contribution in [3.63, 3.8) is 0 Å². The van der Waals surface area contributed by atoms with Crippen molar-refractivity contribution >= 4 is 11.3 Å². The van der Waals surface area contributed by atoms with Crippen LogP contribution in [0.25, 0.3) is 0 Å². The standard InChI is InChI=1S/C18H24N4OS/c1-21-8-12(7-19-21)9-22-5-4-14-6-16(23-17(14)10-22)18-20-15(11-24-18)13-2-3-13/h7-8,11,13-14,16-17H,2-6,9-10H2,1H3/t14-,16+,17+/m1/s1. The normalized spacial score (nSPS) is 30.6. The molecule has 0 radical (unpaired) electrons. The summed E-state index contributed by atoms with van der Waals surface area (Å²) >= 11 is 1.81. The molecule has 0 spiro atoms. The zero-order valence-electron chi connectivity index (χ0n) is 14.1. The smallest absolute Gasteiger partial charge is 0.122 e. The van der Waals surface area contributed by atoms with Crippen LogP contribution in [-0.2, 0) is 18.3 Å². The number of hydrogen-bond donors (Lipinski definition) is 0. The van der Waals surface area contributed by atoms with Gasteiger partial charge in [0.1, 0.15) is 11.1 Å². The topological polar surface area (TPSA) is 43.2 Å². The number of aromatic nitrogens is 3. The van der Waals surface area contributed by atoms with Gasteiger partial charge in [-0.15, -0.1) is 11.3 Å². The summed E-state index contributed by atoms with van der Waals surface area (Å²) < 4.78 is 8.30. The van der Waals surface area contributed by atoms with Crippen molar-refractivity contribution in [2.75, 3.05) is 13.1 Å². The van der Waals surface area contributed by atoms with Crippen LogP contribution in [0.5, 0.6) is 0 Å². The Bertz CT molecular complexity index is 722. The van der Waals surface area contributed by atoms with Gasteiger partial charge in [0.05, 0.1) is 18.0 Å². The van der Waals surface area contributed by atoms with E-state index in [9.17, 15) is 0 Å². The number of nitrogens with zero attached hydrogens (tertiary/aromatic N) is 4. The van der Waals surface area contributed by atoms with Crippen LogP contribution in [-0.4, -0.2) is 38.9 Å². The molecule has 0 unspecified atom stereocenters. The molecule has 128 valence electrons. The van der Waals surface area contributed by atoms with Gasteiger partial charge < -0.3 is 4.74 Å². The molecular weight excluding hydrogens is 320 g/mol. The van der Waals surface area contributed by atoms with Crippen LogP contribution in [0.15, 0.2) is 17.8 Å². The molecule has 5 rings (SSSR count). The molecule has 0 amide bonds. The molecule has 3 atom stereocenters. The van der Waals surface area contributed by atoms with E-state index in [1.165, 1.54) is 35.5 Å². The molecule has 3 fully saturated rings. The molecule has 2 aromatic rings. The maximum Gasteiger partial charge on any atom is 0.122 e. The lowest BCUT2D eigenvalue weighted by atomic mass is 9.92. The minimum atomic E-state index is 0.232. The summed E-state index contributed by atoms with van der Waals surface area (Å²) in [4.78, 5) is 7.38. The van der Waals surface area contributed by atoms with E-state index in [2.05, 4.69) is 21.6 Å². The SMILES string of the molecule is Cn1cc(CN2CC[C@@H]3C[C@@H](c4nc(C5CC5)cs4)O[C@H]3C2)cn1. The van der Waals surface area contributed by atoms with Crippen molar-refractivity contribution < 1.29 is 4.74 Å². The highest BCUT2D eigenvalue weighted by molar-refractivity contribution is 7.09. The van der Waals surface area contributed by atoms with Crippen molar-refractivity contribution in [2.24, 2.45) is 13.0 Å². The zero-order valence-corrected chi connectivity index (χ0v) is 14.9. The molecular formula is C18H24N4OS. The molecule has 0 N–H and O–H groups in total. The van der Waals surface area contributed by atoms with Crippen molar-refractivity contribution in [3.8, 4) is 0 Å². The molecule has 4 heterocycles. The van der Waals surface area contributed by atoms with Crippen molar-refractivity contribution in [1.29, 1.82) is 0 Å². The second-order valence-corrected chi connectivity index (χ2v) is 8.48. The van der Waals surface area contributed by atoms with Crippen LogP contribution < -0.4 is 0 Å². The lowest BCUT2D eigenvalue weighted by molar-refractivity contribution is -0.00943. The van der Waals surface area contributed by atoms with E-state index in [-0.39, 0.29) is 6.10 Å². The predicted molar refractivity (Wildman–Crippen MR) is 92.9 cm³/mol. The Morgan fingerprint density at radius 2 is 2.25 bits per heavy atom. The first-order valence-electron chi connectivity index (χ1n) is 9.05. The van der Waals surface area contributed by atoms with Crippen LogP contribution in [0.3, 0.4) is 0 Å². The number of thiazole rings is 1. The van der Waals surface area contributed by atoms with E-state index in [1.54, 1.807) is 11.3 Å². The van der Waals surface area contributed by atoms with E-state index < -0.39 is 0 Å². The highest BCUT2D eigenvalue weighted by Gasteiger charge is 2.41. The molecule has 2 aliphatic heterocycles. The number of rotatable bonds is 4. The highest BCUT2D eigenvalue weighted by atomic mass is 32.1. The summed E-state index contributed by atoms with van der Waals surface area (Å²) in [6.07, 6.45) is 9.72. The molecule has 24 heavy (non-hydrogen) atoms. The van der Waals surface area contributed by atoms with Gasteiger partial charge in [0, 0.05) is 43.2 Å². The fourth-order valence-corrected chi connectivity index (χ4v) is 5.07. The average molecular weight is 344 g/mol. The molecule has 0 bridgehead atoms. The highest BCUT2D eigenvalue weighted by Crippen LogP contribution is 2.45. The Kier molecular flexibility index (Phi) is 3.72. The fraction of sp³-hybridized carbons (Fsp3) is 0.667. The van der Waals surface area contributed by atoms with E-state index in [0.717, 1.165) is 32.0 Å². The maximum atomic E-state index is 6.42. The minimum absolute atomic E-state index is 0.232. The summed E-state index contributed by atoms with van der Waals surface area (Å²) in [6.45, 7) is 3.18. The van der Waals surface area contributed by atoms with Crippen molar-refractivity contribution in [2.45, 2.75) is 50.4 Å². The minimum Gasteiger partial charge on any atom is -0.366 e. The second-order valence-electron chi connectivity index (χ2n) is 7.59. The number of fused-ring (bicyclic) bond motifs is 1. The van der Waals surface area contributed by atoms with Crippen LogP contribution in [0.4, 0.5) is 0 Å². The summed E-state index contributed by atoms with van der Waals surface area (Å²) in [6, 6.07) is 0. The Hall–Kier alpha value is -1.24. The van der Waals surface area contributed by atoms with Crippen LogP contribution in [0.1, 0.15) is 54.0 Å². The molecule has 1 aliphatic carbocycles. The van der Waals surface area contributed by atoms with Gasteiger partial charge in [0.25, 0.3) is 0 Å². The van der Waals surface area contributed by atoms with Crippen LogP contribution in [0.2, 0.25) is 0 Å². The van der Waals surface area contributed by atoms with E-state index in [1.807, 2.05) is 17.9 Å². The first-order valence-corrected chi connectivity index (χ1v) is 9.93. The lowest BCUT2D eigenvalue weighted by Gasteiger charge is -2.33. The van der Waals surface area contributed by atoms with Crippen LogP contribution in [0, 0.1) is 5.92 Å². The third-order valence-corrected chi connectivity index (χ3v) is 6.57. The first kappa shape index (κ1) is 15.0. The summed E-state index contributed by atoms with van der Waals surface area (Å²) in [5, 5.41) is 7.74. The first-order chi connectivity index (χ1) is 11.7. The van der Waals surface area contributed by atoms with Gasteiger partial charge in [-0.2, -0.15) is 5.10 Å². The Morgan fingerprint density at radius 1 is 1.33 bits per heavy atom. The molecule has 2 aromatic heterocycles. The number of aryl methyl sites for hydroxylation is 1.